The van der Waals surface area contributed by atoms with Crippen molar-refractivity contribution < 1.29 is 18.8 Å². The molecule has 1 N–H and O–H groups in total. The van der Waals surface area contributed by atoms with Gasteiger partial charge in [0.25, 0.3) is 5.89 Å². The van der Waals surface area contributed by atoms with E-state index in [1.54, 1.807) is 13.2 Å². The van der Waals surface area contributed by atoms with Crippen molar-refractivity contribution in [1.29, 1.82) is 0 Å². The van der Waals surface area contributed by atoms with E-state index in [-0.39, 0.29) is 18.4 Å². The van der Waals surface area contributed by atoms with E-state index in [1.165, 1.54) is 6.20 Å². The largest absolute Gasteiger partial charge is 0.497 e. The third kappa shape index (κ3) is 3.68. The zero-order valence-corrected chi connectivity index (χ0v) is 14.1. The maximum Gasteiger partial charge on any atom is 0.342 e. The number of hydrogen-bond acceptors (Lipinski definition) is 7. The Morgan fingerprint density at radius 1 is 1.36 bits per heavy atom. The molecular formula is C17H18N4O4. The third-order valence-corrected chi connectivity index (χ3v) is 3.59. The van der Waals surface area contributed by atoms with Gasteiger partial charge in [0.2, 0.25) is 5.82 Å². The molecule has 0 radical (unpaired) electrons. The predicted molar refractivity (Wildman–Crippen MR) is 88.1 cm³/mol. The number of hydrogen-bond donors (Lipinski definition) is 1. The van der Waals surface area contributed by atoms with Crippen LogP contribution in [0.15, 0.2) is 35.0 Å². The van der Waals surface area contributed by atoms with Gasteiger partial charge in [-0.2, -0.15) is 10.1 Å². The Morgan fingerprint density at radius 2 is 2.20 bits per heavy atom. The van der Waals surface area contributed by atoms with Crippen LogP contribution in [0.3, 0.4) is 0 Å². The third-order valence-electron chi connectivity index (χ3n) is 3.59. The summed E-state index contributed by atoms with van der Waals surface area (Å²) in [6, 6.07) is 7.28. The lowest BCUT2D eigenvalue weighted by molar-refractivity contribution is 0.0428. The number of benzene rings is 1. The van der Waals surface area contributed by atoms with Crippen LogP contribution in [0.25, 0.3) is 11.4 Å². The second-order valence-electron chi connectivity index (χ2n) is 5.67. The van der Waals surface area contributed by atoms with E-state index in [2.05, 4.69) is 20.3 Å². The number of aromatic amines is 1. The van der Waals surface area contributed by atoms with E-state index in [0.717, 1.165) is 11.3 Å². The highest BCUT2D eigenvalue weighted by molar-refractivity contribution is 5.90. The summed E-state index contributed by atoms with van der Waals surface area (Å²) in [5.41, 5.74) is 1.88. The number of carbonyl (C=O) groups excluding carboxylic acids is 1. The summed E-state index contributed by atoms with van der Waals surface area (Å²) in [4.78, 5) is 16.4. The number of ether oxygens (including phenoxy) is 2. The van der Waals surface area contributed by atoms with Gasteiger partial charge in [0.15, 0.2) is 6.61 Å². The van der Waals surface area contributed by atoms with Crippen molar-refractivity contribution >= 4 is 5.97 Å². The summed E-state index contributed by atoms with van der Waals surface area (Å²) in [5.74, 6) is 0.944. The van der Waals surface area contributed by atoms with Crippen LogP contribution >= 0.6 is 0 Å². The van der Waals surface area contributed by atoms with Gasteiger partial charge in [0, 0.05) is 5.56 Å². The minimum Gasteiger partial charge on any atom is -0.497 e. The molecule has 0 fully saturated rings. The minimum atomic E-state index is -0.487. The number of esters is 1. The SMILES string of the molecule is COc1cccc(-c2noc(COC(=O)c3cn[nH]c3C(C)C)n2)c1. The molecule has 3 rings (SSSR count). The molecule has 8 heteroatoms. The number of aromatic nitrogens is 4. The molecule has 0 aliphatic heterocycles. The molecule has 0 amide bonds. The minimum absolute atomic E-state index is 0.113. The van der Waals surface area contributed by atoms with Gasteiger partial charge in [-0.15, -0.1) is 0 Å². The molecule has 3 aromatic rings. The Morgan fingerprint density at radius 3 is 2.96 bits per heavy atom. The van der Waals surface area contributed by atoms with Crippen LogP contribution in [0, 0.1) is 0 Å². The van der Waals surface area contributed by atoms with Crippen LogP contribution in [-0.2, 0) is 11.3 Å². The Kier molecular flexibility index (Phi) is 4.78. The molecule has 8 nitrogen and oxygen atoms in total. The second kappa shape index (κ2) is 7.16. The van der Waals surface area contributed by atoms with Gasteiger partial charge in [-0.3, -0.25) is 5.10 Å². The van der Waals surface area contributed by atoms with Gasteiger partial charge in [0.1, 0.15) is 11.3 Å². The topological polar surface area (TPSA) is 103 Å². The summed E-state index contributed by atoms with van der Waals surface area (Å²) >= 11 is 0. The Hall–Kier alpha value is -3.16. The molecule has 0 saturated carbocycles. The van der Waals surface area contributed by atoms with Crippen molar-refractivity contribution in [3.8, 4) is 17.1 Å². The van der Waals surface area contributed by atoms with Gasteiger partial charge in [-0.25, -0.2) is 4.79 Å². The van der Waals surface area contributed by atoms with Crippen LogP contribution in [0.5, 0.6) is 5.75 Å². The van der Waals surface area contributed by atoms with Crippen LogP contribution in [0.1, 0.15) is 41.7 Å². The average Bonchev–Trinajstić information content (AvgIpc) is 3.29. The number of rotatable bonds is 6. The van der Waals surface area contributed by atoms with Gasteiger partial charge >= 0.3 is 5.97 Å². The van der Waals surface area contributed by atoms with Gasteiger partial charge in [-0.05, 0) is 18.1 Å². The number of carbonyl (C=O) groups is 1. The molecule has 0 atom stereocenters. The van der Waals surface area contributed by atoms with Crippen molar-refractivity contribution in [3.63, 3.8) is 0 Å². The summed E-state index contributed by atoms with van der Waals surface area (Å²) in [5, 5.41) is 10.6. The Bertz CT molecular complexity index is 869. The molecule has 2 heterocycles. The van der Waals surface area contributed by atoms with Crippen LogP contribution in [-0.4, -0.2) is 33.4 Å². The number of nitrogens with one attached hydrogen (secondary N) is 1. The van der Waals surface area contributed by atoms with E-state index in [9.17, 15) is 4.79 Å². The lowest BCUT2D eigenvalue weighted by atomic mass is 10.1. The van der Waals surface area contributed by atoms with E-state index < -0.39 is 5.97 Å². The Labute approximate surface area is 144 Å². The molecule has 2 aromatic heterocycles. The van der Waals surface area contributed by atoms with Gasteiger partial charge in [-0.1, -0.05) is 31.1 Å². The van der Waals surface area contributed by atoms with Gasteiger partial charge in [0.05, 0.1) is 19.0 Å². The second-order valence-corrected chi connectivity index (χ2v) is 5.67. The molecular weight excluding hydrogens is 324 g/mol. The highest BCUT2D eigenvalue weighted by atomic mass is 16.6. The molecule has 0 aliphatic carbocycles. The van der Waals surface area contributed by atoms with Crippen LogP contribution in [0.4, 0.5) is 0 Å². The fourth-order valence-electron chi connectivity index (χ4n) is 2.30. The molecule has 1 aromatic carbocycles. The molecule has 25 heavy (non-hydrogen) atoms. The lowest BCUT2D eigenvalue weighted by Crippen LogP contribution is -2.08. The van der Waals surface area contributed by atoms with E-state index in [0.29, 0.717) is 17.1 Å². The highest BCUT2D eigenvalue weighted by Gasteiger charge is 2.19. The van der Waals surface area contributed by atoms with Crippen LogP contribution < -0.4 is 4.74 Å². The first-order chi connectivity index (χ1) is 12.1. The fourth-order valence-corrected chi connectivity index (χ4v) is 2.30. The maximum atomic E-state index is 12.2. The van der Waals surface area contributed by atoms with Gasteiger partial charge < -0.3 is 14.0 Å². The summed E-state index contributed by atoms with van der Waals surface area (Å²) < 4.78 is 15.5. The lowest BCUT2D eigenvalue weighted by Gasteiger charge is -2.05. The smallest absolute Gasteiger partial charge is 0.342 e. The zero-order valence-electron chi connectivity index (χ0n) is 14.1. The predicted octanol–water partition coefficient (Wildman–Crippen LogP) is 2.95. The van der Waals surface area contributed by atoms with Crippen LogP contribution in [0.2, 0.25) is 0 Å². The summed E-state index contributed by atoms with van der Waals surface area (Å²) in [7, 11) is 1.58. The van der Waals surface area contributed by atoms with Crippen molar-refractivity contribution in [1.82, 2.24) is 20.3 Å². The van der Waals surface area contributed by atoms with Crippen molar-refractivity contribution in [3.05, 3.63) is 47.6 Å². The van der Waals surface area contributed by atoms with Crippen molar-refractivity contribution in [2.45, 2.75) is 26.4 Å². The molecule has 0 aliphatic rings. The average molecular weight is 342 g/mol. The number of nitrogens with zero attached hydrogens (tertiary/aromatic N) is 3. The highest BCUT2D eigenvalue weighted by Crippen LogP contribution is 2.22. The number of methoxy groups -OCH3 is 1. The monoisotopic (exact) mass is 342 g/mol. The maximum absolute atomic E-state index is 12.2. The standard InChI is InChI=1S/C17H18N4O4/c1-10(2)15-13(8-18-20-15)17(22)24-9-14-19-16(21-25-14)11-5-4-6-12(7-11)23-3/h4-8,10H,9H2,1-3H3,(H,18,20). The number of H-pyrrole nitrogens is 1. The van der Waals surface area contributed by atoms with E-state index in [1.807, 2.05) is 32.0 Å². The molecule has 0 spiro atoms. The molecule has 130 valence electrons. The van der Waals surface area contributed by atoms with E-state index >= 15 is 0 Å². The summed E-state index contributed by atoms with van der Waals surface area (Å²) in [6.45, 7) is 3.81. The summed E-state index contributed by atoms with van der Waals surface area (Å²) in [6.07, 6.45) is 1.45. The zero-order chi connectivity index (χ0) is 17.8. The van der Waals surface area contributed by atoms with E-state index in [4.69, 9.17) is 14.0 Å². The first-order valence-corrected chi connectivity index (χ1v) is 7.76. The molecule has 0 bridgehead atoms. The van der Waals surface area contributed by atoms with Crippen molar-refractivity contribution in [2.24, 2.45) is 0 Å². The first kappa shape index (κ1) is 16.7. The quantitative estimate of drug-likeness (QED) is 0.687. The van der Waals surface area contributed by atoms with Crippen molar-refractivity contribution in [2.75, 3.05) is 7.11 Å². The molecule has 0 unspecified atom stereocenters. The molecule has 0 saturated heterocycles. The Balaban J connectivity index is 1.67. The normalized spacial score (nSPS) is 10.9. The fraction of sp³-hybridized carbons (Fsp3) is 0.294. The first-order valence-electron chi connectivity index (χ1n) is 7.76.